The molecule has 0 aliphatic heterocycles. The Bertz CT molecular complexity index is 456. The fourth-order valence-electron chi connectivity index (χ4n) is 1.56. The molecule has 18 heavy (non-hydrogen) atoms. The fraction of sp³-hybridized carbons (Fsp3) is 0.417. The van der Waals surface area contributed by atoms with Crippen molar-refractivity contribution in [3.05, 3.63) is 39.4 Å². The summed E-state index contributed by atoms with van der Waals surface area (Å²) >= 11 is 0. The van der Waals surface area contributed by atoms with E-state index in [1.807, 2.05) is 6.92 Å². The molecule has 1 rings (SSSR count). The summed E-state index contributed by atoms with van der Waals surface area (Å²) in [5.74, 6) is -0.325. The van der Waals surface area contributed by atoms with Crippen LogP contribution >= 0.6 is 0 Å². The van der Waals surface area contributed by atoms with Gasteiger partial charge in [0, 0.05) is 30.3 Å². The lowest BCUT2D eigenvalue weighted by molar-refractivity contribution is -0.384. The van der Waals surface area contributed by atoms with Gasteiger partial charge in [-0.2, -0.15) is 0 Å². The summed E-state index contributed by atoms with van der Waals surface area (Å²) in [6, 6.07) is 4.12. The molecule has 0 saturated heterocycles. The first-order chi connectivity index (χ1) is 8.49. The summed E-state index contributed by atoms with van der Waals surface area (Å²) in [6.45, 7) is 4.00. The van der Waals surface area contributed by atoms with Gasteiger partial charge in [0.25, 0.3) is 11.6 Å². The Kier molecular flexibility index (Phi) is 4.79. The molecule has 0 aliphatic rings. The summed E-state index contributed by atoms with van der Waals surface area (Å²) in [5, 5.41) is 13.4. The molecule has 3 N–H and O–H groups in total. The number of benzene rings is 1. The van der Waals surface area contributed by atoms with Gasteiger partial charge in [-0.1, -0.05) is 13.0 Å². The van der Waals surface area contributed by atoms with E-state index in [2.05, 4.69) is 5.32 Å². The van der Waals surface area contributed by atoms with Crippen LogP contribution in [0.3, 0.4) is 0 Å². The second-order valence-corrected chi connectivity index (χ2v) is 4.07. The zero-order chi connectivity index (χ0) is 13.7. The molecule has 0 heterocycles. The molecule has 0 saturated carbocycles. The first kappa shape index (κ1) is 14.1. The third-order valence-electron chi connectivity index (χ3n) is 2.79. The molecule has 1 atom stereocenters. The van der Waals surface area contributed by atoms with Gasteiger partial charge >= 0.3 is 0 Å². The summed E-state index contributed by atoms with van der Waals surface area (Å²) in [7, 11) is 0. The van der Waals surface area contributed by atoms with Gasteiger partial charge in [0.1, 0.15) is 0 Å². The van der Waals surface area contributed by atoms with Gasteiger partial charge in [0.2, 0.25) is 0 Å². The molecule has 0 aromatic heterocycles. The van der Waals surface area contributed by atoms with Crippen LogP contribution in [0.5, 0.6) is 0 Å². The number of carbonyl (C=O) groups excluding carboxylic acids is 1. The highest BCUT2D eigenvalue weighted by Crippen LogP contribution is 2.17. The van der Waals surface area contributed by atoms with Crippen LogP contribution in [0.4, 0.5) is 5.69 Å². The Morgan fingerprint density at radius 3 is 2.72 bits per heavy atom. The molecular weight excluding hydrogens is 234 g/mol. The van der Waals surface area contributed by atoms with Gasteiger partial charge in [0.15, 0.2) is 0 Å². The van der Waals surface area contributed by atoms with E-state index in [-0.39, 0.29) is 17.6 Å². The molecule has 0 aliphatic carbocycles. The number of aryl methyl sites for hydroxylation is 1. The van der Waals surface area contributed by atoms with Crippen LogP contribution in [-0.4, -0.2) is 23.4 Å². The quantitative estimate of drug-likeness (QED) is 0.610. The van der Waals surface area contributed by atoms with Crippen molar-refractivity contribution in [2.24, 2.45) is 5.73 Å². The maximum absolute atomic E-state index is 12.0. The van der Waals surface area contributed by atoms with Crippen LogP contribution in [0.15, 0.2) is 18.2 Å². The lowest BCUT2D eigenvalue weighted by Gasteiger charge is -2.15. The lowest BCUT2D eigenvalue weighted by Crippen LogP contribution is -2.39. The van der Waals surface area contributed by atoms with Crippen LogP contribution in [0.2, 0.25) is 0 Å². The third-order valence-corrected chi connectivity index (χ3v) is 2.79. The van der Waals surface area contributed by atoms with Crippen molar-refractivity contribution in [2.45, 2.75) is 26.3 Å². The predicted molar refractivity (Wildman–Crippen MR) is 68.4 cm³/mol. The Morgan fingerprint density at radius 1 is 1.56 bits per heavy atom. The zero-order valence-electron chi connectivity index (χ0n) is 10.5. The van der Waals surface area contributed by atoms with Crippen LogP contribution in [0, 0.1) is 17.0 Å². The van der Waals surface area contributed by atoms with Crippen LogP contribution in [0.25, 0.3) is 0 Å². The molecule has 0 spiro atoms. The molecule has 0 fully saturated rings. The summed E-state index contributed by atoms with van der Waals surface area (Å²) < 4.78 is 0. The van der Waals surface area contributed by atoms with Crippen LogP contribution in [-0.2, 0) is 0 Å². The highest BCUT2D eigenvalue weighted by atomic mass is 16.6. The maximum Gasteiger partial charge on any atom is 0.270 e. The summed E-state index contributed by atoms with van der Waals surface area (Å²) in [5.41, 5.74) is 6.43. The number of non-ortho nitro benzene ring substituents is 1. The molecule has 6 heteroatoms. The van der Waals surface area contributed by atoms with E-state index < -0.39 is 4.92 Å². The molecule has 98 valence electrons. The molecular formula is C12H17N3O3. The van der Waals surface area contributed by atoms with E-state index in [4.69, 9.17) is 5.73 Å². The number of nitrogens with one attached hydrogen (secondary N) is 1. The largest absolute Gasteiger partial charge is 0.348 e. The minimum atomic E-state index is -0.517. The normalized spacial score (nSPS) is 11.9. The Balaban J connectivity index is 2.97. The number of hydrogen-bond donors (Lipinski definition) is 2. The number of nitrogens with two attached hydrogens (primary N) is 1. The molecule has 0 radical (unpaired) electrons. The molecule has 0 bridgehead atoms. The Hall–Kier alpha value is -1.95. The van der Waals surface area contributed by atoms with Crippen LogP contribution in [0.1, 0.15) is 29.3 Å². The van der Waals surface area contributed by atoms with Gasteiger partial charge in [-0.25, -0.2) is 0 Å². The van der Waals surface area contributed by atoms with Gasteiger partial charge in [0.05, 0.1) is 4.92 Å². The van der Waals surface area contributed by atoms with Gasteiger partial charge in [-0.3, -0.25) is 14.9 Å². The van der Waals surface area contributed by atoms with Crippen LogP contribution < -0.4 is 11.1 Å². The average molecular weight is 251 g/mol. The van der Waals surface area contributed by atoms with Crippen molar-refractivity contribution in [3.8, 4) is 0 Å². The molecule has 6 nitrogen and oxygen atoms in total. The van der Waals surface area contributed by atoms with Crippen molar-refractivity contribution >= 4 is 11.6 Å². The predicted octanol–water partition coefficient (Wildman–Crippen LogP) is 1.37. The van der Waals surface area contributed by atoms with E-state index in [0.717, 1.165) is 6.42 Å². The number of rotatable bonds is 5. The van der Waals surface area contributed by atoms with E-state index in [1.54, 1.807) is 13.0 Å². The van der Waals surface area contributed by atoms with E-state index >= 15 is 0 Å². The minimum absolute atomic E-state index is 0.0912. The van der Waals surface area contributed by atoms with E-state index in [0.29, 0.717) is 17.7 Å². The molecule has 1 unspecified atom stereocenters. The molecule has 1 aromatic carbocycles. The second-order valence-electron chi connectivity index (χ2n) is 4.07. The third kappa shape index (κ3) is 3.27. The highest BCUT2D eigenvalue weighted by molar-refractivity contribution is 5.96. The van der Waals surface area contributed by atoms with Gasteiger partial charge in [-0.05, 0) is 18.9 Å². The number of nitrogens with zero attached hydrogens (tertiary/aromatic N) is 1. The average Bonchev–Trinajstić information content (AvgIpc) is 2.35. The number of carbonyl (C=O) groups is 1. The molecule has 1 aromatic rings. The van der Waals surface area contributed by atoms with Crippen molar-refractivity contribution in [2.75, 3.05) is 6.54 Å². The fourth-order valence-corrected chi connectivity index (χ4v) is 1.56. The maximum atomic E-state index is 12.0. The number of nitro groups is 1. The minimum Gasteiger partial charge on any atom is -0.348 e. The molecule has 1 amide bonds. The van der Waals surface area contributed by atoms with Gasteiger partial charge < -0.3 is 11.1 Å². The second kappa shape index (κ2) is 6.11. The Morgan fingerprint density at radius 2 is 2.22 bits per heavy atom. The van der Waals surface area contributed by atoms with Gasteiger partial charge in [-0.15, -0.1) is 0 Å². The van der Waals surface area contributed by atoms with E-state index in [1.165, 1.54) is 12.1 Å². The standard InChI is InChI=1S/C12H17N3O3/c1-3-9(7-13)14-12(16)11-6-10(15(17)18)5-4-8(11)2/h4-6,9H,3,7,13H2,1-2H3,(H,14,16). The first-order valence-corrected chi connectivity index (χ1v) is 5.75. The first-order valence-electron chi connectivity index (χ1n) is 5.75. The highest BCUT2D eigenvalue weighted by Gasteiger charge is 2.16. The van der Waals surface area contributed by atoms with Crippen molar-refractivity contribution < 1.29 is 9.72 Å². The number of amides is 1. The zero-order valence-corrected chi connectivity index (χ0v) is 10.5. The van der Waals surface area contributed by atoms with Crippen molar-refractivity contribution in [1.82, 2.24) is 5.32 Å². The van der Waals surface area contributed by atoms with E-state index in [9.17, 15) is 14.9 Å². The monoisotopic (exact) mass is 251 g/mol. The SMILES string of the molecule is CCC(CN)NC(=O)c1cc([N+](=O)[O-])ccc1C. The number of nitro benzene ring substituents is 1. The van der Waals surface area contributed by atoms with Crippen molar-refractivity contribution in [3.63, 3.8) is 0 Å². The number of hydrogen-bond acceptors (Lipinski definition) is 4. The lowest BCUT2D eigenvalue weighted by atomic mass is 10.1. The summed E-state index contributed by atoms with van der Waals surface area (Å²) in [4.78, 5) is 22.1. The Labute approximate surface area is 105 Å². The topological polar surface area (TPSA) is 98.3 Å². The van der Waals surface area contributed by atoms with Crippen molar-refractivity contribution in [1.29, 1.82) is 0 Å². The smallest absolute Gasteiger partial charge is 0.270 e. The summed E-state index contributed by atoms with van der Waals surface area (Å²) in [6.07, 6.45) is 0.718.